The summed E-state index contributed by atoms with van der Waals surface area (Å²) in [6.07, 6.45) is 3.95. The van der Waals surface area contributed by atoms with Gasteiger partial charge in [0.25, 0.3) is 0 Å². The van der Waals surface area contributed by atoms with Crippen LogP contribution in [0, 0.1) is 20.8 Å². The Bertz CT molecular complexity index is 3150. The van der Waals surface area contributed by atoms with Crippen molar-refractivity contribution >= 4 is 43.6 Å². The van der Waals surface area contributed by atoms with Crippen molar-refractivity contribution in [1.82, 2.24) is 23.9 Å². The molecule has 0 saturated carbocycles. The molecular formula is C51H43N5O. The molecule has 10 rings (SSSR count). The fourth-order valence-corrected chi connectivity index (χ4v) is 8.73. The van der Waals surface area contributed by atoms with Gasteiger partial charge in [-0.1, -0.05) is 80.9 Å². The van der Waals surface area contributed by atoms with Crippen molar-refractivity contribution in [2.24, 2.45) is 0 Å². The summed E-state index contributed by atoms with van der Waals surface area (Å²) in [7, 11) is 0. The highest BCUT2D eigenvalue weighted by atomic mass is 16.5. The summed E-state index contributed by atoms with van der Waals surface area (Å²) in [6.45, 7) is 13.2. The molecule has 0 fully saturated rings. The van der Waals surface area contributed by atoms with Crippen molar-refractivity contribution in [3.63, 3.8) is 0 Å². The highest BCUT2D eigenvalue weighted by Crippen LogP contribution is 2.43. The van der Waals surface area contributed by atoms with E-state index in [-0.39, 0.29) is 5.41 Å². The van der Waals surface area contributed by atoms with Crippen LogP contribution in [0.5, 0.6) is 11.5 Å². The first-order chi connectivity index (χ1) is 27.6. The normalized spacial score (nSPS) is 12.0. The van der Waals surface area contributed by atoms with E-state index in [1.54, 1.807) is 0 Å². The molecule has 0 N–H and O–H groups in total. The van der Waals surface area contributed by atoms with Gasteiger partial charge in [-0.15, -0.1) is 0 Å². The number of hydrogen-bond acceptors (Lipinski definition) is 3. The number of nitrogens with zero attached hydrogens (tertiary/aromatic N) is 5. The Kier molecular flexibility index (Phi) is 7.94. The molecule has 6 aromatic carbocycles. The van der Waals surface area contributed by atoms with Crippen molar-refractivity contribution in [1.29, 1.82) is 0 Å². The third-order valence-corrected chi connectivity index (χ3v) is 11.2. The van der Waals surface area contributed by atoms with Gasteiger partial charge in [-0.2, -0.15) is 5.10 Å². The first-order valence-electron chi connectivity index (χ1n) is 19.6. The van der Waals surface area contributed by atoms with Crippen LogP contribution in [0.15, 0.2) is 152 Å². The first-order valence-corrected chi connectivity index (χ1v) is 19.6. The molecule has 0 saturated heterocycles. The molecule has 4 heterocycles. The summed E-state index contributed by atoms with van der Waals surface area (Å²) < 4.78 is 13.3. The highest BCUT2D eigenvalue weighted by Gasteiger charge is 2.23. The smallest absolute Gasteiger partial charge is 0.137 e. The summed E-state index contributed by atoms with van der Waals surface area (Å²) >= 11 is 0. The molecule has 278 valence electrons. The van der Waals surface area contributed by atoms with E-state index in [1.807, 2.05) is 35.3 Å². The van der Waals surface area contributed by atoms with Gasteiger partial charge in [0.15, 0.2) is 0 Å². The van der Waals surface area contributed by atoms with Crippen LogP contribution in [-0.2, 0) is 5.41 Å². The van der Waals surface area contributed by atoms with Gasteiger partial charge < -0.3 is 9.30 Å². The van der Waals surface area contributed by atoms with Crippen molar-refractivity contribution in [3.8, 4) is 39.9 Å². The van der Waals surface area contributed by atoms with E-state index < -0.39 is 0 Å². The molecule has 0 spiro atoms. The average Bonchev–Trinajstić information content (AvgIpc) is 3.90. The predicted octanol–water partition coefficient (Wildman–Crippen LogP) is 13.1. The van der Waals surface area contributed by atoms with Crippen LogP contribution in [0.1, 0.15) is 43.0 Å². The van der Waals surface area contributed by atoms with Gasteiger partial charge in [-0.05, 0) is 116 Å². The minimum absolute atomic E-state index is 0.0424. The summed E-state index contributed by atoms with van der Waals surface area (Å²) in [5.74, 6) is 2.35. The quantitative estimate of drug-likeness (QED) is 0.170. The number of fused-ring (bicyclic) bond motifs is 7. The summed E-state index contributed by atoms with van der Waals surface area (Å²) in [5, 5.41) is 9.77. The van der Waals surface area contributed by atoms with Crippen LogP contribution in [0.25, 0.3) is 72.1 Å². The fraction of sp³-hybridized carbons (Fsp3) is 0.137. The topological polar surface area (TPSA) is 49.8 Å². The van der Waals surface area contributed by atoms with E-state index in [0.717, 1.165) is 56.3 Å². The molecule has 0 atom stereocenters. The van der Waals surface area contributed by atoms with Crippen LogP contribution in [0.3, 0.4) is 0 Å². The first kappa shape index (κ1) is 34.6. The van der Waals surface area contributed by atoms with Gasteiger partial charge in [0.05, 0.1) is 33.4 Å². The maximum atomic E-state index is 6.70. The number of rotatable bonds is 6. The van der Waals surface area contributed by atoms with Crippen LogP contribution in [0.2, 0.25) is 0 Å². The summed E-state index contributed by atoms with van der Waals surface area (Å²) in [4.78, 5) is 5.00. The number of ether oxygens (including phenoxy) is 1. The number of hydrogen-bond donors (Lipinski definition) is 0. The third-order valence-electron chi connectivity index (χ3n) is 11.2. The lowest BCUT2D eigenvalue weighted by Gasteiger charge is -2.20. The largest absolute Gasteiger partial charge is 0.457 e. The second-order valence-corrected chi connectivity index (χ2v) is 16.2. The molecule has 0 aliphatic heterocycles. The minimum Gasteiger partial charge on any atom is -0.457 e. The zero-order valence-electron chi connectivity index (χ0n) is 33.1. The van der Waals surface area contributed by atoms with Crippen LogP contribution < -0.4 is 4.74 Å². The van der Waals surface area contributed by atoms with Crippen LogP contribution >= 0.6 is 0 Å². The number of aryl methyl sites for hydroxylation is 3. The highest BCUT2D eigenvalue weighted by molar-refractivity contribution is 6.29. The number of aromatic nitrogens is 5. The SMILES string of the molecule is Cc1cc(C)c(-c2ccn(-c3cccc(Oc4ccc5c6c7c8ccccc8n(-c8ccccc8)c7ccc6n(-c6cc(C(C)(C)C)ccn6)c5c4)c3)n2)c(C)c1. The maximum Gasteiger partial charge on any atom is 0.137 e. The van der Waals surface area contributed by atoms with Gasteiger partial charge in [0.1, 0.15) is 17.3 Å². The Morgan fingerprint density at radius 3 is 2.00 bits per heavy atom. The molecule has 4 aromatic heterocycles. The van der Waals surface area contributed by atoms with E-state index in [2.05, 4.69) is 172 Å². The van der Waals surface area contributed by atoms with E-state index in [9.17, 15) is 0 Å². The third kappa shape index (κ3) is 5.79. The lowest BCUT2D eigenvalue weighted by Crippen LogP contribution is -2.12. The molecule has 0 aliphatic carbocycles. The van der Waals surface area contributed by atoms with Crippen molar-refractivity contribution in [2.45, 2.75) is 47.0 Å². The zero-order valence-corrected chi connectivity index (χ0v) is 33.1. The van der Waals surface area contributed by atoms with Crippen molar-refractivity contribution < 1.29 is 4.74 Å². The molecule has 57 heavy (non-hydrogen) atoms. The molecule has 10 aromatic rings. The summed E-state index contributed by atoms with van der Waals surface area (Å²) in [5.41, 5.74) is 13.6. The molecule has 6 heteroatoms. The Balaban J connectivity index is 1.13. The predicted molar refractivity (Wildman–Crippen MR) is 235 cm³/mol. The number of pyridine rings is 1. The fourth-order valence-electron chi connectivity index (χ4n) is 8.73. The second-order valence-electron chi connectivity index (χ2n) is 16.2. The van der Waals surface area contributed by atoms with Crippen molar-refractivity contribution in [3.05, 3.63) is 174 Å². The number of benzene rings is 6. The zero-order chi connectivity index (χ0) is 39.0. The van der Waals surface area contributed by atoms with E-state index in [0.29, 0.717) is 0 Å². The average molecular weight is 742 g/mol. The van der Waals surface area contributed by atoms with Crippen LogP contribution in [0.4, 0.5) is 0 Å². The maximum absolute atomic E-state index is 6.70. The Morgan fingerprint density at radius 1 is 0.544 bits per heavy atom. The molecule has 0 amide bonds. The lowest BCUT2D eigenvalue weighted by molar-refractivity contribution is 0.483. The van der Waals surface area contributed by atoms with Gasteiger partial charge in [-0.3, -0.25) is 4.57 Å². The van der Waals surface area contributed by atoms with E-state index >= 15 is 0 Å². The van der Waals surface area contributed by atoms with Gasteiger partial charge in [0.2, 0.25) is 0 Å². The molecule has 0 aliphatic rings. The van der Waals surface area contributed by atoms with Gasteiger partial charge >= 0.3 is 0 Å². The summed E-state index contributed by atoms with van der Waals surface area (Å²) in [6, 6.07) is 49.3. The Morgan fingerprint density at radius 2 is 1.23 bits per heavy atom. The van der Waals surface area contributed by atoms with Gasteiger partial charge in [-0.25, -0.2) is 9.67 Å². The van der Waals surface area contributed by atoms with Gasteiger partial charge in [0, 0.05) is 57.3 Å². The molecular weight excluding hydrogens is 699 g/mol. The molecule has 0 bridgehead atoms. The van der Waals surface area contributed by atoms with Crippen molar-refractivity contribution in [2.75, 3.05) is 0 Å². The lowest BCUT2D eigenvalue weighted by atomic mass is 9.88. The minimum atomic E-state index is -0.0424. The molecule has 0 radical (unpaired) electrons. The second kappa shape index (κ2) is 13.1. The van der Waals surface area contributed by atoms with Crippen LogP contribution in [-0.4, -0.2) is 23.9 Å². The number of para-hydroxylation sites is 2. The standard InChI is InChI=1S/C51H43N5O/c1-32-27-33(2)48(34(3)28-32)42-24-26-54(53-42)37-15-12-16-38(30-37)57-39-19-20-41-46(31-39)56(47-29-35(23-25-52-47)51(4,5)6)45-22-21-44-49(50(41)45)40-17-10-11-18-43(40)55(44)36-13-8-7-9-14-36/h7-31H,1-6H3. The molecule has 0 unspecified atom stereocenters. The molecule has 6 nitrogen and oxygen atoms in total. The van der Waals surface area contributed by atoms with E-state index in [1.165, 1.54) is 49.5 Å². The van der Waals surface area contributed by atoms with E-state index in [4.69, 9.17) is 14.8 Å². The Hall–Kier alpha value is -6.92. The Labute approximate surface area is 332 Å². The monoisotopic (exact) mass is 741 g/mol.